The molecule has 0 radical (unpaired) electrons. The van der Waals surface area contributed by atoms with Gasteiger partial charge in [0.1, 0.15) is 5.69 Å². The van der Waals surface area contributed by atoms with Crippen LogP contribution in [0, 0.1) is 0 Å². The fourth-order valence-electron chi connectivity index (χ4n) is 1.19. The first-order chi connectivity index (χ1) is 7.63. The normalized spacial score (nSPS) is 12.2. The molecule has 0 aromatic carbocycles. The predicted octanol–water partition coefficient (Wildman–Crippen LogP) is 2.61. The minimum atomic E-state index is -0.170. The average molecular weight is 259 g/mol. The number of carbonyl (C=O) groups excluding carboxylic acids is 1. The van der Waals surface area contributed by atoms with E-state index in [4.69, 9.17) is 11.6 Å². The molecule has 1 amide bonds. The molecular formula is C11H15ClN2OS. The van der Waals surface area contributed by atoms with Crippen LogP contribution in [0.5, 0.6) is 0 Å². The number of hydrogen-bond acceptors (Lipinski definition) is 3. The smallest absolute Gasteiger partial charge is 0.270 e. The van der Waals surface area contributed by atoms with Crippen LogP contribution in [-0.4, -0.2) is 28.9 Å². The maximum absolute atomic E-state index is 11.7. The van der Waals surface area contributed by atoms with Gasteiger partial charge in [-0.15, -0.1) is 0 Å². The fourth-order valence-corrected chi connectivity index (χ4v) is 1.94. The van der Waals surface area contributed by atoms with E-state index in [2.05, 4.69) is 10.3 Å². The van der Waals surface area contributed by atoms with Crippen LogP contribution in [-0.2, 0) is 0 Å². The van der Waals surface area contributed by atoms with E-state index in [1.165, 1.54) is 6.20 Å². The highest BCUT2D eigenvalue weighted by atomic mass is 35.5. The Morgan fingerprint density at radius 1 is 1.69 bits per heavy atom. The van der Waals surface area contributed by atoms with Gasteiger partial charge in [-0.1, -0.05) is 11.6 Å². The van der Waals surface area contributed by atoms with Crippen molar-refractivity contribution in [2.75, 3.05) is 12.0 Å². The Morgan fingerprint density at radius 2 is 2.44 bits per heavy atom. The summed E-state index contributed by atoms with van der Waals surface area (Å²) < 4.78 is 0. The topological polar surface area (TPSA) is 42.0 Å². The number of aromatic nitrogens is 1. The maximum atomic E-state index is 11.7. The van der Waals surface area contributed by atoms with E-state index in [9.17, 15) is 4.79 Å². The number of hydrogen-bond donors (Lipinski definition) is 1. The number of nitrogens with zero attached hydrogens (tertiary/aromatic N) is 1. The third kappa shape index (κ3) is 4.41. The maximum Gasteiger partial charge on any atom is 0.270 e. The molecule has 0 saturated heterocycles. The lowest BCUT2D eigenvalue weighted by Gasteiger charge is -2.12. The Bertz CT molecular complexity index is 360. The molecule has 0 aliphatic heterocycles. The van der Waals surface area contributed by atoms with Crippen molar-refractivity contribution < 1.29 is 4.79 Å². The molecule has 0 aliphatic carbocycles. The van der Waals surface area contributed by atoms with Gasteiger partial charge in [0.15, 0.2) is 0 Å². The second-order valence-corrected chi connectivity index (χ2v) is 4.94. The first-order valence-corrected chi connectivity index (χ1v) is 6.82. The summed E-state index contributed by atoms with van der Waals surface area (Å²) in [4.78, 5) is 15.7. The van der Waals surface area contributed by atoms with Crippen molar-refractivity contribution in [2.24, 2.45) is 0 Å². The van der Waals surface area contributed by atoms with Crippen molar-refractivity contribution in [3.8, 4) is 0 Å². The summed E-state index contributed by atoms with van der Waals surface area (Å²) in [5, 5.41) is 3.41. The van der Waals surface area contributed by atoms with Crippen LogP contribution >= 0.6 is 23.4 Å². The van der Waals surface area contributed by atoms with Crippen LogP contribution in [0.1, 0.15) is 23.8 Å². The van der Waals surface area contributed by atoms with Crippen LogP contribution in [0.25, 0.3) is 0 Å². The van der Waals surface area contributed by atoms with E-state index in [1.54, 1.807) is 23.9 Å². The standard InChI is InChI=1S/C11H15ClN2OS/c1-8(4-6-16-2)14-11(15)10-7-9(12)3-5-13-10/h3,5,7-8H,4,6H2,1-2H3,(H,14,15). The van der Waals surface area contributed by atoms with Gasteiger partial charge in [-0.3, -0.25) is 9.78 Å². The van der Waals surface area contributed by atoms with Crippen molar-refractivity contribution in [1.29, 1.82) is 0 Å². The molecule has 0 saturated carbocycles. The van der Waals surface area contributed by atoms with Gasteiger partial charge in [0.2, 0.25) is 0 Å². The number of pyridine rings is 1. The lowest BCUT2D eigenvalue weighted by Crippen LogP contribution is -2.33. The van der Waals surface area contributed by atoms with E-state index in [1.807, 2.05) is 13.2 Å². The molecule has 0 fully saturated rings. The monoisotopic (exact) mass is 258 g/mol. The molecule has 5 heteroatoms. The zero-order chi connectivity index (χ0) is 12.0. The van der Waals surface area contributed by atoms with Gasteiger partial charge >= 0.3 is 0 Å². The minimum Gasteiger partial charge on any atom is -0.348 e. The predicted molar refractivity (Wildman–Crippen MR) is 69.2 cm³/mol. The lowest BCUT2D eigenvalue weighted by molar-refractivity contribution is 0.0934. The first kappa shape index (κ1) is 13.3. The molecule has 1 rings (SSSR count). The van der Waals surface area contributed by atoms with Crippen LogP contribution in [0.15, 0.2) is 18.3 Å². The quantitative estimate of drug-likeness (QED) is 0.883. The molecule has 3 nitrogen and oxygen atoms in total. The third-order valence-corrected chi connectivity index (χ3v) is 2.97. The Balaban J connectivity index is 2.52. The Labute approximate surface area is 105 Å². The van der Waals surface area contributed by atoms with Crippen molar-refractivity contribution in [1.82, 2.24) is 10.3 Å². The van der Waals surface area contributed by atoms with Crippen LogP contribution in [0.3, 0.4) is 0 Å². The van der Waals surface area contributed by atoms with Crippen molar-refractivity contribution in [2.45, 2.75) is 19.4 Å². The molecule has 16 heavy (non-hydrogen) atoms. The molecule has 1 atom stereocenters. The summed E-state index contributed by atoms with van der Waals surface area (Å²) in [6.45, 7) is 1.98. The van der Waals surface area contributed by atoms with E-state index in [-0.39, 0.29) is 11.9 Å². The number of nitrogens with one attached hydrogen (secondary N) is 1. The summed E-state index contributed by atoms with van der Waals surface area (Å²) in [6.07, 6.45) is 4.53. The molecule has 1 aromatic rings. The zero-order valence-corrected chi connectivity index (χ0v) is 10.9. The van der Waals surface area contributed by atoms with Crippen LogP contribution in [0.2, 0.25) is 5.02 Å². The average Bonchev–Trinajstić information content (AvgIpc) is 2.26. The zero-order valence-electron chi connectivity index (χ0n) is 9.37. The highest BCUT2D eigenvalue weighted by Gasteiger charge is 2.10. The van der Waals surface area contributed by atoms with E-state index in [0.29, 0.717) is 10.7 Å². The van der Waals surface area contributed by atoms with Gasteiger partial charge in [0.05, 0.1) is 0 Å². The number of carbonyl (C=O) groups is 1. The van der Waals surface area contributed by atoms with Gasteiger partial charge in [0.25, 0.3) is 5.91 Å². The van der Waals surface area contributed by atoms with Crippen molar-refractivity contribution in [3.05, 3.63) is 29.0 Å². The molecular weight excluding hydrogens is 244 g/mol. The molecule has 88 valence electrons. The molecule has 1 N–H and O–H groups in total. The Kier molecular flexibility index (Phi) is 5.63. The number of rotatable bonds is 5. The summed E-state index contributed by atoms with van der Waals surface area (Å²) in [5.74, 6) is 0.862. The van der Waals surface area contributed by atoms with E-state index >= 15 is 0 Å². The highest BCUT2D eigenvalue weighted by molar-refractivity contribution is 7.98. The number of amides is 1. The van der Waals surface area contributed by atoms with Crippen LogP contribution in [0.4, 0.5) is 0 Å². The highest BCUT2D eigenvalue weighted by Crippen LogP contribution is 2.08. The van der Waals surface area contributed by atoms with Gasteiger partial charge in [-0.05, 0) is 37.5 Å². The Hall–Kier alpha value is -0.740. The van der Waals surface area contributed by atoms with Crippen molar-refractivity contribution in [3.63, 3.8) is 0 Å². The van der Waals surface area contributed by atoms with Crippen molar-refractivity contribution >= 4 is 29.3 Å². The van der Waals surface area contributed by atoms with E-state index in [0.717, 1.165) is 12.2 Å². The largest absolute Gasteiger partial charge is 0.348 e. The van der Waals surface area contributed by atoms with E-state index < -0.39 is 0 Å². The Morgan fingerprint density at radius 3 is 3.06 bits per heavy atom. The first-order valence-electron chi connectivity index (χ1n) is 5.05. The van der Waals surface area contributed by atoms with Crippen LogP contribution < -0.4 is 5.32 Å². The molecule has 0 aliphatic rings. The second kappa shape index (κ2) is 6.76. The fraction of sp³-hybridized carbons (Fsp3) is 0.455. The van der Waals surface area contributed by atoms with Gasteiger partial charge in [0, 0.05) is 17.3 Å². The second-order valence-electron chi connectivity index (χ2n) is 3.52. The third-order valence-electron chi connectivity index (χ3n) is 2.09. The SMILES string of the molecule is CSCCC(C)NC(=O)c1cc(Cl)ccn1. The molecule has 0 spiro atoms. The number of halogens is 1. The molecule has 1 unspecified atom stereocenters. The van der Waals surface area contributed by atoms with Gasteiger partial charge < -0.3 is 5.32 Å². The summed E-state index contributed by atoms with van der Waals surface area (Å²) in [6, 6.07) is 3.37. The van der Waals surface area contributed by atoms with Gasteiger partial charge in [-0.25, -0.2) is 0 Å². The summed E-state index contributed by atoms with van der Waals surface area (Å²) in [5.41, 5.74) is 0.364. The van der Waals surface area contributed by atoms with Gasteiger partial charge in [-0.2, -0.15) is 11.8 Å². The lowest BCUT2D eigenvalue weighted by atomic mass is 10.2. The molecule has 0 bridgehead atoms. The summed E-state index contributed by atoms with van der Waals surface area (Å²) >= 11 is 7.55. The number of thioether (sulfide) groups is 1. The molecule has 1 heterocycles. The molecule has 1 aromatic heterocycles. The minimum absolute atomic E-state index is 0.153. The summed E-state index contributed by atoms with van der Waals surface area (Å²) in [7, 11) is 0.